The van der Waals surface area contributed by atoms with E-state index in [1.54, 1.807) is 0 Å². The van der Waals surface area contributed by atoms with Crippen LogP contribution in [0.1, 0.15) is 32.6 Å². The summed E-state index contributed by atoms with van der Waals surface area (Å²) in [6.07, 6.45) is 4.93. The van der Waals surface area contributed by atoms with Crippen LogP contribution in [0.2, 0.25) is 0 Å². The molecule has 3 nitrogen and oxygen atoms in total. The lowest BCUT2D eigenvalue weighted by atomic mass is 9.89. The topological polar surface area (TPSA) is 32.6 Å². The van der Waals surface area contributed by atoms with E-state index in [1.165, 1.54) is 30.7 Å². The van der Waals surface area contributed by atoms with Crippen molar-refractivity contribution in [1.82, 2.24) is 5.06 Å². The molecule has 0 aromatic heterocycles. The van der Waals surface area contributed by atoms with Crippen molar-refractivity contribution >= 4 is 6.09 Å². The van der Waals surface area contributed by atoms with Crippen molar-refractivity contribution in [3.8, 4) is 0 Å². The first-order valence-corrected chi connectivity index (χ1v) is 4.19. The van der Waals surface area contributed by atoms with Gasteiger partial charge in [-0.15, -0.1) is 5.06 Å². The smallest absolute Gasteiger partial charge is 0.314 e. The quantitative estimate of drug-likeness (QED) is 0.571. The Morgan fingerprint density at radius 1 is 1.55 bits per heavy atom. The van der Waals surface area contributed by atoms with Crippen LogP contribution in [0.25, 0.3) is 0 Å². The standard InChI is InChI=1S/C8H13NO2/c1-8(4-2-3-5-8)6-9-7(10)11-9/h2-6H2,1H3. The number of carbonyl (C=O) groups excluding carboxylic acids is 1. The second-order valence-corrected chi connectivity index (χ2v) is 3.91. The third-order valence-electron chi connectivity index (χ3n) is 2.70. The summed E-state index contributed by atoms with van der Waals surface area (Å²) in [5.74, 6) is 0. The van der Waals surface area contributed by atoms with Crippen molar-refractivity contribution in [2.24, 2.45) is 5.41 Å². The molecule has 2 rings (SSSR count). The lowest BCUT2D eigenvalue weighted by molar-refractivity contribution is 0.134. The van der Waals surface area contributed by atoms with E-state index < -0.39 is 0 Å². The van der Waals surface area contributed by atoms with E-state index in [1.807, 2.05) is 0 Å². The number of carbonyl (C=O) groups is 1. The maximum absolute atomic E-state index is 10.5. The molecule has 62 valence electrons. The first-order valence-electron chi connectivity index (χ1n) is 4.19. The number of nitrogens with zero attached hydrogens (tertiary/aromatic N) is 1. The maximum Gasteiger partial charge on any atom is 0.468 e. The van der Waals surface area contributed by atoms with Gasteiger partial charge in [-0.1, -0.05) is 19.8 Å². The molecule has 0 atom stereocenters. The van der Waals surface area contributed by atoms with Gasteiger partial charge >= 0.3 is 6.09 Å². The van der Waals surface area contributed by atoms with Crippen molar-refractivity contribution < 1.29 is 9.63 Å². The van der Waals surface area contributed by atoms with Crippen molar-refractivity contribution in [2.45, 2.75) is 32.6 Å². The molecule has 1 saturated carbocycles. The molecule has 1 aliphatic heterocycles. The molecule has 0 aromatic carbocycles. The summed E-state index contributed by atoms with van der Waals surface area (Å²) in [5.41, 5.74) is 0.339. The SMILES string of the molecule is CC1(CN2OC2=O)CCCC1. The van der Waals surface area contributed by atoms with Gasteiger partial charge in [-0.25, -0.2) is 4.79 Å². The monoisotopic (exact) mass is 155 g/mol. The van der Waals surface area contributed by atoms with Crippen molar-refractivity contribution in [3.05, 3.63) is 0 Å². The van der Waals surface area contributed by atoms with Gasteiger partial charge in [0.25, 0.3) is 0 Å². The molecule has 0 aromatic rings. The molecule has 1 saturated heterocycles. The highest BCUT2D eigenvalue weighted by molar-refractivity contribution is 5.76. The van der Waals surface area contributed by atoms with E-state index >= 15 is 0 Å². The van der Waals surface area contributed by atoms with E-state index in [9.17, 15) is 4.79 Å². The number of amides is 1. The van der Waals surface area contributed by atoms with Gasteiger partial charge < -0.3 is 4.84 Å². The minimum Gasteiger partial charge on any atom is -0.314 e. The summed E-state index contributed by atoms with van der Waals surface area (Å²) in [5, 5.41) is 1.46. The summed E-state index contributed by atoms with van der Waals surface area (Å²) >= 11 is 0. The molecular weight excluding hydrogens is 142 g/mol. The highest BCUT2D eigenvalue weighted by atomic mass is 16.9. The third kappa shape index (κ3) is 1.32. The van der Waals surface area contributed by atoms with Crippen LogP contribution in [0.15, 0.2) is 0 Å². The van der Waals surface area contributed by atoms with Gasteiger partial charge in [0, 0.05) is 0 Å². The Labute approximate surface area is 66.3 Å². The molecule has 0 unspecified atom stereocenters. The summed E-state index contributed by atoms with van der Waals surface area (Å²) in [7, 11) is 0. The molecule has 0 spiro atoms. The van der Waals surface area contributed by atoms with Crippen LogP contribution in [0.5, 0.6) is 0 Å². The zero-order chi connectivity index (χ0) is 7.90. The summed E-state index contributed by atoms with van der Waals surface area (Å²) in [4.78, 5) is 15.2. The van der Waals surface area contributed by atoms with Crippen LogP contribution in [-0.4, -0.2) is 17.7 Å². The van der Waals surface area contributed by atoms with Gasteiger partial charge in [-0.2, -0.15) is 0 Å². The summed E-state index contributed by atoms with van der Waals surface area (Å²) in [6.45, 7) is 3.03. The number of hydroxylamine groups is 2. The van der Waals surface area contributed by atoms with Gasteiger partial charge in [-0.05, 0) is 18.3 Å². The second-order valence-electron chi connectivity index (χ2n) is 3.91. The lowest BCUT2D eigenvalue weighted by Gasteiger charge is -2.20. The van der Waals surface area contributed by atoms with Crippen LogP contribution in [0.4, 0.5) is 4.79 Å². The first-order chi connectivity index (χ1) is 5.20. The van der Waals surface area contributed by atoms with Crippen LogP contribution in [0, 0.1) is 5.41 Å². The van der Waals surface area contributed by atoms with Crippen molar-refractivity contribution in [2.75, 3.05) is 6.54 Å². The Morgan fingerprint density at radius 2 is 2.09 bits per heavy atom. The van der Waals surface area contributed by atoms with Gasteiger partial charge in [-0.3, -0.25) is 0 Å². The van der Waals surface area contributed by atoms with Gasteiger partial charge in [0.1, 0.15) is 0 Å². The van der Waals surface area contributed by atoms with E-state index in [0.29, 0.717) is 5.41 Å². The Balaban J connectivity index is 1.88. The molecule has 1 amide bonds. The molecular formula is C8H13NO2. The lowest BCUT2D eigenvalue weighted by Crippen LogP contribution is -2.22. The van der Waals surface area contributed by atoms with Crippen LogP contribution >= 0.6 is 0 Å². The predicted octanol–water partition coefficient (Wildman–Crippen LogP) is 1.93. The fraction of sp³-hybridized carbons (Fsp3) is 0.875. The predicted molar refractivity (Wildman–Crippen MR) is 39.8 cm³/mol. The Hall–Kier alpha value is -0.730. The molecule has 1 aliphatic carbocycles. The largest absolute Gasteiger partial charge is 0.468 e. The third-order valence-corrected chi connectivity index (χ3v) is 2.70. The molecule has 2 fully saturated rings. The normalized spacial score (nSPS) is 27.0. The highest BCUT2D eigenvalue weighted by Crippen LogP contribution is 2.39. The molecule has 2 aliphatic rings. The maximum atomic E-state index is 10.5. The van der Waals surface area contributed by atoms with Crippen molar-refractivity contribution in [3.63, 3.8) is 0 Å². The fourth-order valence-electron chi connectivity index (χ4n) is 1.90. The average Bonchev–Trinajstić information content (AvgIpc) is 2.47. The molecule has 0 N–H and O–H groups in total. The first kappa shape index (κ1) is 6.95. The highest BCUT2D eigenvalue weighted by Gasteiger charge is 2.42. The average molecular weight is 155 g/mol. The number of hydrogen-bond donors (Lipinski definition) is 0. The number of hydrogen-bond acceptors (Lipinski definition) is 2. The molecule has 1 heterocycles. The van der Waals surface area contributed by atoms with E-state index in [-0.39, 0.29) is 6.09 Å². The van der Waals surface area contributed by atoms with Crippen LogP contribution in [0.3, 0.4) is 0 Å². The van der Waals surface area contributed by atoms with Gasteiger partial charge in [0.2, 0.25) is 0 Å². The Morgan fingerprint density at radius 3 is 2.55 bits per heavy atom. The van der Waals surface area contributed by atoms with Gasteiger partial charge in [0.15, 0.2) is 0 Å². The van der Waals surface area contributed by atoms with Crippen LogP contribution < -0.4 is 0 Å². The zero-order valence-corrected chi connectivity index (χ0v) is 6.80. The second kappa shape index (κ2) is 2.13. The van der Waals surface area contributed by atoms with E-state index in [2.05, 4.69) is 11.8 Å². The Kier molecular flexibility index (Phi) is 1.34. The summed E-state index contributed by atoms with van der Waals surface area (Å²) in [6, 6.07) is 0. The minimum atomic E-state index is -0.155. The molecule has 0 bridgehead atoms. The Bertz CT molecular complexity index is 185. The number of rotatable bonds is 2. The molecule has 3 heteroatoms. The van der Waals surface area contributed by atoms with Crippen LogP contribution in [-0.2, 0) is 4.84 Å². The zero-order valence-electron chi connectivity index (χ0n) is 6.80. The fourth-order valence-corrected chi connectivity index (χ4v) is 1.90. The minimum absolute atomic E-state index is 0.155. The summed E-state index contributed by atoms with van der Waals surface area (Å²) < 4.78 is 0. The van der Waals surface area contributed by atoms with Gasteiger partial charge in [0.05, 0.1) is 6.54 Å². The van der Waals surface area contributed by atoms with E-state index in [4.69, 9.17) is 0 Å². The van der Waals surface area contributed by atoms with E-state index in [0.717, 1.165) is 6.54 Å². The molecule has 11 heavy (non-hydrogen) atoms. The van der Waals surface area contributed by atoms with Crippen molar-refractivity contribution in [1.29, 1.82) is 0 Å². The molecule has 0 radical (unpaired) electrons.